The van der Waals surface area contributed by atoms with E-state index in [1.165, 1.54) is 11.3 Å². The highest BCUT2D eigenvalue weighted by Crippen LogP contribution is 2.25. The van der Waals surface area contributed by atoms with Crippen LogP contribution in [0, 0.1) is 0 Å². The van der Waals surface area contributed by atoms with Crippen molar-refractivity contribution in [3.8, 4) is 0 Å². The predicted octanol–water partition coefficient (Wildman–Crippen LogP) is 0.818. The summed E-state index contributed by atoms with van der Waals surface area (Å²) >= 11 is 1.30. The minimum absolute atomic E-state index is 0.00663. The molecule has 0 atom stereocenters. The van der Waals surface area contributed by atoms with E-state index in [9.17, 15) is 4.79 Å². The number of aromatic carboxylic acids is 1. The number of aliphatic hydroxyl groups is 1. The Morgan fingerprint density at radius 2 is 2.35 bits per heavy atom. The number of fused-ring (bicyclic) bond motifs is 1. The van der Waals surface area contributed by atoms with Crippen LogP contribution in [0.2, 0.25) is 0 Å². The van der Waals surface area contributed by atoms with Gasteiger partial charge in [-0.3, -0.25) is 0 Å². The van der Waals surface area contributed by atoms with Crippen LogP contribution in [0.15, 0.2) is 11.6 Å². The first-order valence-electron chi connectivity index (χ1n) is 4.93. The van der Waals surface area contributed by atoms with Crippen molar-refractivity contribution in [3.63, 3.8) is 0 Å². The van der Waals surface area contributed by atoms with Crippen LogP contribution in [0.4, 0.5) is 5.95 Å². The van der Waals surface area contributed by atoms with E-state index in [1.54, 1.807) is 23.5 Å². The molecule has 0 fully saturated rings. The highest BCUT2D eigenvalue weighted by Gasteiger charge is 2.14. The molecule has 7 heteroatoms. The van der Waals surface area contributed by atoms with Gasteiger partial charge in [-0.15, -0.1) is 11.3 Å². The van der Waals surface area contributed by atoms with Crippen molar-refractivity contribution >= 4 is 33.5 Å². The zero-order chi connectivity index (χ0) is 12.4. The second-order valence-corrected chi connectivity index (χ2v) is 4.39. The normalized spacial score (nSPS) is 10.7. The molecule has 2 heterocycles. The molecule has 0 radical (unpaired) electrons. The van der Waals surface area contributed by atoms with Crippen molar-refractivity contribution < 1.29 is 15.0 Å². The van der Waals surface area contributed by atoms with Crippen LogP contribution in [0.3, 0.4) is 0 Å². The molecule has 0 bridgehead atoms. The van der Waals surface area contributed by atoms with Gasteiger partial charge in [0.25, 0.3) is 0 Å². The smallest absolute Gasteiger partial charge is 0.338 e. The third-order valence-electron chi connectivity index (χ3n) is 2.31. The van der Waals surface area contributed by atoms with Crippen molar-refractivity contribution in [1.82, 2.24) is 9.97 Å². The molecular formula is C10H11N3O3S. The molecule has 2 aromatic heterocycles. The molecule has 0 aliphatic carbocycles. The number of aromatic nitrogens is 2. The summed E-state index contributed by atoms with van der Waals surface area (Å²) < 4.78 is 0.739. The molecule has 2 aromatic rings. The molecule has 17 heavy (non-hydrogen) atoms. The number of thiophene rings is 1. The van der Waals surface area contributed by atoms with Gasteiger partial charge in [0.1, 0.15) is 5.52 Å². The van der Waals surface area contributed by atoms with E-state index in [4.69, 9.17) is 10.2 Å². The number of anilines is 1. The maximum absolute atomic E-state index is 11.0. The Kier molecular flexibility index (Phi) is 3.21. The number of aliphatic hydroxyl groups excluding tert-OH is 1. The van der Waals surface area contributed by atoms with Crippen LogP contribution >= 0.6 is 11.3 Å². The SMILES string of the molecule is CN(CCO)c1ncc2scc(C(=O)O)c2n1. The van der Waals surface area contributed by atoms with Gasteiger partial charge < -0.3 is 15.1 Å². The fourth-order valence-electron chi connectivity index (χ4n) is 1.40. The fraction of sp³-hybridized carbons (Fsp3) is 0.300. The van der Waals surface area contributed by atoms with Gasteiger partial charge >= 0.3 is 5.97 Å². The molecule has 0 aromatic carbocycles. The lowest BCUT2D eigenvalue weighted by atomic mass is 10.3. The number of nitrogens with zero attached hydrogens (tertiary/aromatic N) is 3. The molecule has 6 nitrogen and oxygen atoms in total. The highest BCUT2D eigenvalue weighted by atomic mass is 32.1. The summed E-state index contributed by atoms with van der Waals surface area (Å²) in [7, 11) is 1.74. The van der Waals surface area contributed by atoms with Crippen LogP contribution < -0.4 is 4.90 Å². The highest BCUT2D eigenvalue weighted by molar-refractivity contribution is 7.17. The van der Waals surface area contributed by atoms with Crippen molar-refractivity contribution in [2.24, 2.45) is 0 Å². The van der Waals surface area contributed by atoms with E-state index in [0.29, 0.717) is 18.0 Å². The topological polar surface area (TPSA) is 86.5 Å². The summed E-state index contributed by atoms with van der Waals surface area (Å²) in [5, 5.41) is 19.4. The van der Waals surface area contributed by atoms with Gasteiger partial charge in [0.2, 0.25) is 5.95 Å². The third-order valence-corrected chi connectivity index (χ3v) is 3.21. The van der Waals surface area contributed by atoms with Crippen molar-refractivity contribution in [3.05, 3.63) is 17.1 Å². The first-order chi connectivity index (χ1) is 8.13. The number of hydrogen-bond donors (Lipinski definition) is 2. The lowest BCUT2D eigenvalue weighted by Crippen LogP contribution is -2.23. The molecule has 0 aliphatic rings. The quantitative estimate of drug-likeness (QED) is 0.838. The van der Waals surface area contributed by atoms with Crippen LogP contribution in [0.1, 0.15) is 10.4 Å². The molecular weight excluding hydrogens is 242 g/mol. The predicted molar refractivity (Wildman–Crippen MR) is 64.7 cm³/mol. The van der Waals surface area contributed by atoms with E-state index < -0.39 is 5.97 Å². The summed E-state index contributed by atoms with van der Waals surface area (Å²) in [6.07, 6.45) is 1.60. The Balaban J connectivity index is 2.47. The number of rotatable bonds is 4. The van der Waals surface area contributed by atoms with Gasteiger partial charge in [-0.05, 0) is 0 Å². The summed E-state index contributed by atoms with van der Waals surface area (Å²) in [6, 6.07) is 0. The number of likely N-dealkylation sites (N-methyl/N-ethyl adjacent to an activating group) is 1. The number of carboxylic acid groups (broad SMARTS) is 1. The zero-order valence-electron chi connectivity index (χ0n) is 9.12. The Labute approximate surface area is 101 Å². The van der Waals surface area contributed by atoms with E-state index in [1.807, 2.05) is 0 Å². The monoisotopic (exact) mass is 253 g/mol. The molecule has 0 saturated heterocycles. The fourth-order valence-corrected chi connectivity index (χ4v) is 2.24. The summed E-state index contributed by atoms with van der Waals surface area (Å²) in [5.41, 5.74) is 0.628. The number of carbonyl (C=O) groups is 1. The second kappa shape index (κ2) is 4.64. The molecule has 0 spiro atoms. The number of carboxylic acids is 1. The van der Waals surface area contributed by atoms with E-state index in [2.05, 4.69) is 9.97 Å². The summed E-state index contributed by atoms with van der Waals surface area (Å²) in [5.74, 6) is -0.585. The first kappa shape index (κ1) is 11.7. The molecule has 0 unspecified atom stereocenters. The van der Waals surface area contributed by atoms with Crippen molar-refractivity contribution in [1.29, 1.82) is 0 Å². The van der Waals surface area contributed by atoms with Crippen molar-refractivity contribution in [2.45, 2.75) is 0 Å². The van der Waals surface area contributed by atoms with E-state index in [-0.39, 0.29) is 12.2 Å². The average molecular weight is 253 g/mol. The van der Waals surface area contributed by atoms with Gasteiger partial charge in [-0.25, -0.2) is 14.8 Å². The molecule has 2 N–H and O–H groups in total. The summed E-state index contributed by atoms with van der Waals surface area (Å²) in [6.45, 7) is 0.394. The minimum Gasteiger partial charge on any atom is -0.478 e. The van der Waals surface area contributed by atoms with E-state index >= 15 is 0 Å². The lowest BCUT2D eigenvalue weighted by Gasteiger charge is -2.14. The van der Waals surface area contributed by atoms with Gasteiger partial charge in [0.05, 0.1) is 23.1 Å². The van der Waals surface area contributed by atoms with Crippen LogP contribution in [0.5, 0.6) is 0 Å². The number of hydrogen-bond acceptors (Lipinski definition) is 6. The largest absolute Gasteiger partial charge is 0.478 e. The summed E-state index contributed by atoms with van der Waals surface area (Å²) in [4.78, 5) is 21.0. The van der Waals surface area contributed by atoms with Gasteiger partial charge in [0.15, 0.2) is 0 Å². The maximum atomic E-state index is 11.0. The average Bonchev–Trinajstić information content (AvgIpc) is 2.71. The van der Waals surface area contributed by atoms with Gasteiger partial charge in [-0.2, -0.15) is 0 Å². The minimum atomic E-state index is -0.995. The molecule has 0 aliphatic heterocycles. The second-order valence-electron chi connectivity index (χ2n) is 3.48. The zero-order valence-corrected chi connectivity index (χ0v) is 9.94. The Hall–Kier alpha value is -1.73. The van der Waals surface area contributed by atoms with E-state index in [0.717, 1.165) is 4.70 Å². The maximum Gasteiger partial charge on any atom is 0.338 e. The Morgan fingerprint density at radius 3 is 3.00 bits per heavy atom. The van der Waals surface area contributed by atoms with Crippen molar-refractivity contribution in [2.75, 3.05) is 25.1 Å². The molecule has 0 saturated carbocycles. The van der Waals surface area contributed by atoms with Gasteiger partial charge in [-0.1, -0.05) is 0 Å². The van der Waals surface area contributed by atoms with Gasteiger partial charge in [0, 0.05) is 19.0 Å². The van der Waals surface area contributed by atoms with Crippen LogP contribution in [-0.2, 0) is 0 Å². The standard InChI is InChI=1S/C10H11N3O3S/c1-13(2-3-14)10-11-4-7-8(12-10)6(5-17-7)9(15)16/h4-5,14H,2-3H2,1H3,(H,15,16). The Bertz CT molecular complexity index is 555. The van der Waals surface area contributed by atoms with Crippen LogP contribution in [0.25, 0.3) is 10.2 Å². The third kappa shape index (κ3) is 2.20. The van der Waals surface area contributed by atoms with Crippen LogP contribution in [-0.4, -0.2) is 46.3 Å². The first-order valence-corrected chi connectivity index (χ1v) is 5.81. The molecule has 2 rings (SSSR count). The lowest BCUT2D eigenvalue weighted by molar-refractivity contribution is 0.0699. The molecule has 90 valence electrons. The Morgan fingerprint density at radius 1 is 1.59 bits per heavy atom. The molecule has 0 amide bonds.